The summed E-state index contributed by atoms with van der Waals surface area (Å²) in [5, 5.41) is 0. The Morgan fingerprint density at radius 1 is 1.46 bits per heavy atom. The van der Waals surface area contributed by atoms with E-state index in [4.69, 9.17) is 11.5 Å². The van der Waals surface area contributed by atoms with Crippen LogP contribution in [0.4, 0.5) is 0 Å². The van der Waals surface area contributed by atoms with Gasteiger partial charge in [0.1, 0.15) is 5.69 Å². The number of imidazole rings is 1. The van der Waals surface area contributed by atoms with Crippen LogP contribution in [0.3, 0.4) is 0 Å². The maximum absolute atomic E-state index is 10.9. The lowest BCUT2D eigenvalue weighted by Crippen LogP contribution is -2.23. The summed E-state index contributed by atoms with van der Waals surface area (Å²) in [5.74, 6) is -1.45. The maximum Gasteiger partial charge on any atom is 0.269 e. The van der Waals surface area contributed by atoms with Crippen molar-refractivity contribution in [2.24, 2.45) is 11.5 Å². The summed E-state index contributed by atoms with van der Waals surface area (Å²) in [7, 11) is 0. The number of carbonyl (C=O) groups excluding carboxylic acids is 2. The SMILES string of the molecule is CCn1cnc(C(N)=O)c1C(N)=O. The third-order valence-corrected chi connectivity index (χ3v) is 1.65. The largest absolute Gasteiger partial charge is 0.364 e. The number of hydrogen-bond donors (Lipinski definition) is 2. The van der Waals surface area contributed by atoms with E-state index in [0.717, 1.165) is 0 Å². The molecule has 4 N–H and O–H groups in total. The van der Waals surface area contributed by atoms with Gasteiger partial charge in [0, 0.05) is 6.54 Å². The van der Waals surface area contributed by atoms with Gasteiger partial charge in [-0.25, -0.2) is 4.98 Å². The van der Waals surface area contributed by atoms with Crippen molar-refractivity contribution in [2.75, 3.05) is 0 Å². The number of hydrogen-bond acceptors (Lipinski definition) is 3. The van der Waals surface area contributed by atoms with E-state index in [1.54, 1.807) is 6.92 Å². The Morgan fingerprint density at radius 3 is 2.46 bits per heavy atom. The van der Waals surface area contributed by atoms with E-state index in [-0.39, 0.29) is 11.4 Å². The molecule has 1 rings (SSSR count). The second kappa shape index (κ2) is 3.26. The number of primary amides is 2. The van der Waals surface area contributed by atoms with E-state index >= 15 is 0 Å². The highest BCUT2D eigenvalue weighted by Crippen LogP contribution is 2.05. The highest BCUT2D eigenvalue weighted by molar-refractivity contribution is 6.03. The molecule has 0 fully saturated rings. The van der Waals surface area contributed by atoms with E-state index < -0.39 is 11.8 Å². The van der Waals surface area contributed by atoms with E-state index in [9.17, 15) is 9.59 Å². The molecule has 0 aliphatic carbocycles. The first-order chi connectivity index (χ1) is 6.07. The van der Waals surface area contributed by atoms with Gasteiger partial charge in [-0.15, -0.1) is 0 Å². The molecule has 0 spiro atoms. The van der Waals surface area contributed by atoms with Gasteiger partial charge in [-0.05, 0) is 6.92 Å². The van der Waals surface area contributed by atoms with Gasteiger partial charge in [0.15, 0.2) is 5.69 Å². The van der Waals surface area contributed by atoms with Crippen LogP contribution in [0.1, 0.15) is 27.9 Å². The predicted molar refractivity (Wildman–Crippen MR) is 44.9 cm³/mol. The summed E-state index contributed by atoms with van der Waals surface area (Å²) in [6.07, 6.45) is 1.36. The second-order valence-corrected chi connectivity index (χ2v) is 2.46. The molecule has 0 aliphatic rings. The zero-order valence-corrected chi connectivity index (χ0v) is 7.15. The van der Waals surface area contributed by atoms with Crippen molar-refractivity contribution in [1.29, 1.82) is 0 Å². The van der Waals surface area contributed by atoms with Gasteiger partial charge >= 0.3 is 0 Å². The van der Waals surface area contributed by atoms with Crippen LogP contribution >= 0.6 is 0 Å². The maximum atomic E-state index is 10.9. The minimum absolute atomic E-state index is 0.0648. The van der Waals surface area contributed by atoms with Gasteiger partial charge in [-0.2, -0.15) is 0 Å². The topological polar surface area (TPSA) is 104 Å². The first kappa shape index (κ1) is 9.24. The molecule has 0 aliphatic heterocycles. The van der Waals surface area contributed by atoms with E-state index in [0.29, 0.717) is 6.54 Å². The third kappa shape index (κ3) is 1.51. The molecule has 0 saturated carbocycles. The number of aryl methyl sites for hydroxylation is 1. The lowest BCUT2D eigenvalue weighted by Gasteiger charge is -2.01. The van der Waals surface area contributed by atoms with Gasteiger partial charge < -0.3 is 16.0 Å². The Morgan fingerprint density at radius 2 is 2.08 bits per heavy atom. The monoisotopic (exact) mass is 182 g/mol. The van der Waals surface area contributed by atoms with Crippen LogP contribution in [0, 0.1) is 0 Å². The van der Waals surface area contributed by atoms with Crippen molar-refractivity contribution >= 4 is 11.8 Å². The van der Waals surface area contributed by atoms with Gasteiger partial charge in [0.05, 0.1) is 6.33 Å². The molecule has 2 amide bonds. The molecule has 1 heterocycles. The third-order valence-electron chi connectivity index (χ3n) is 1.65. The first-order valence-electron chi connectivity index (χ1n) is 3.72. The average molecular weight is 182 g/mol. The van der Waals surface area contributed by atoms with Crippen LogP contribution in [0.2, 0.25) is 0 Å². The number of carbonyl (C=O) groups is 2. The Hall–Kier alpha value is -1.85. The normalized spacial score (nSPS) is 9.92. The average Bonchev–Trinajstić information content (AvgIpc) is 2.46. The molecule has 0 saturated heterocycles. The van der Waals surface area contributed by atoms with Crippen LogP contribution in [0.25, 0.3) is 0 Å². The van der Waals surface area contributed by atoms with Gasteiger partial charge in [0.25, 0.3) is 11.8 Å². The van der Waals surface area contributed by atoms with Crippen molar-refractivity contribution in [3.05, 3.63) is 17.7 Å². The Balaban J connectivity index is 3.30. The number of aromatic nitrogens is 2. The predicted octanol–water partition coefficient (Wildman–Crippen LogP) is -0.899. The summed E-state index contributed by atoms with van der Waals surface area (Å²) in [6.45, 7) is 2.32. The Bertz CT molecular complexity index is 355. The molecule has 13 heavy (non-hydrogen) atoms. The Labute approximate surface area is 74.5 Å². The van der Waals surface area contributed by atoms with Gasteiger partial charge in [0.2, 0.25) is 0 Å². The molecular formula is C7H10N4O2. The molecular weight excluding hydrogens is 172 g/mol. The lowest BCUT2D eigenvalue weighted by molar-refractivity contribution is 0.0959. The van der Waals surface area contributed by atoms with Crippen LogP contribution in [-0.4, -0.2) is 21.4 Å². The smallest absolute Gasteiger partial charge is 0.269 e. The standard InChI is InChI=1S/C7H10N4O2/c1-2-11-3-10-4(6(8)12)5(11)7(9)13/h3H,2H2,1H3,(H2,8,12)(H2,9,13). The highest BCUT2D eigenvalue weighted by atomic mass is 16.2. The van der Waals surface area contributed by atoms with Crippen LogP contribution < -0.4 is 11.5 Å². The zero-order chi connectivity index (χ0) is 10.0. The van der Waals surface area contributed by atoms with Crippen LogP contribution in [-0.2, 0) is 6.54 Å². The van der Waals surface area contributed by atoms with Crippen molar-refractivity contribution < 1.29 is 9.59 Å². The fourth-order valence-corrected chi connectivity index (χ4v) is 1.06. The highest BCUT2D eigenvalue weighted by Gasteiger charge is 2.18. The van der Waals surface area contributed by atoms with Crippen molar-refractivity contribution in [3.8, 4) is 0 Å². The summed E-state index contributed by atoms with van der Waals surface area (Å²) >= 11 is 0. The number of amides is 2. The second-order valence-electron chi connectivity index (χ2n) is 2.46. The molecule has 0 bridgehead atoms. The molecule has 1 aromatic rings. The van der Waals surface area contributed by atoms with Gasteiger partial charge in [-0.1, -0.05) is 0 Å². The van der Waals surface area contributed by atoms with Crippen molar-refractivity contribution in [3.63, 3.8) is 0 Å². The Kier molecular flexibility index (Phi) is 2.32. The quantitative estimate of drug-likeness (QED) is 0.632. The molecule has 1 aromatic heterocycles. The molecule has 0 aromatic carbocycles. The molecule has 0 atom stereocenters. The van der Waals surface area contributed by atoms with Crippen LogP contribution in [0.5, 0.6) is 0 Å². The van der Waals surface area contributed by atoms with E-state index in [1.807, 2.05) is 0 Å². The summed E-state index contributed by atoms with van der Waals surface area (Å²) in [4.78, 5) is 25.4. The summed E-state index contributed by atoms with van der Waals surface area (Å²) < 4.78 is 1.47. The summed E-state index contributed by atoms with van der Waals surface area (Å²) in [5.41, 5.74) is 10.1. The van der Waals surface area contributed by atoms with Gasteiger partial charge in [-0.3, -0.25) is 9.59 Å². The van der Waals surface area contributed by atoms with Crippen LogP contribution in [0.15, 0.2) is 6.33 Å². The fourth-order valence-electron chi connectivity index (χ4n) is 1.06. The van der Waals surface area contributed by atoms with E-state index in [2.05, 4.69) is 4.98 Å². The first-order valence-corrected chi connectivity index (χ1v) is 3.72. The fraction of sp³-hybridized carbons (Fsp3) is 0.286. The summed E-state index contributed by atoms with van der Waals surface area (Å²) in [6, 6.07) is 0. The lowest BCUT2D eigenvalue weighted by atomic mass is 10.3. The number of nitrogens with zero attached hydrogens (tertiary/aromatic N) is 2. The number of nitrogens with two attached hydrogens (primary N) is 2. The zero-order valence-electron chi connectivity index (χ0n) is 7.15. The molecule has 70 valence electrons. The minimum Gasteiger partial charge on any atom is -0.364 e. The van der Waals surface area contributed by atoms with Crippen molar-refractivity contribution in [1.82, 2.24) is 9.55 Å². The molecule has 0 unspecified atom stereocenters. The van der Waals surface area contributed by atoms with Crippen molar-refractivity contribution in [2.45, 2.75) is 13.5 Å². The number of rotatable bonds is 3. The van der Waals surface area contributed by atoms with E-state index in [1.165, 1.54) is 10.9 Å². The molecule has 0 radical (unpaired) electrons. The minimum atomic E-state index is -0.749. The molecule has 6 nitrogen and oxygen atoms in total. The molecule has 6 heteroatoms.